The van der Waals surface area contributed by atoms with E-state index in [0.29, 0.717) is 29.0 Å². The van der Waals surface area contributed by atoms with Crippen LogP contribution >= 0.6 is 0 Å². The van der Waals surface area contributed by atoms with Gasteiger partial charge in [0.2, 0.25) is 0 Å². The zero-order valence-electron chi connectivity index (χ0n) is 8.91. The maximum absolute atomic E-state index is 11.6. The lowest BCUT2D eigenvalue weighted by molar-refractivity contribution is 0.0994. The molecule has 0 saturated heterocycles. The first-order valence-electron chi connectivity index (χ1n) is 5.26. The van der Waals surface area contributed by atoms with E-state index in [1.807, 2.05) is 0 Å². The molecule has 0 bridgehead atoms. The number of carbonyl (C=O) groups is 1. The van der Waals surface area contributed by atoms with Crippen molar-refractivity contribution in [3.63, 3.8) is 0 Å². The molecule has 0 amide bonds. The Bertz CT molecular complexity index is 598. The third-order valence-corrected chi connectivity index (χ3v) is 3.03. The number of ketones is 1. The molecule has 0 fully saturated rings. The van der Waals surface area contributed by atoms with Crippen LogP contribution in [-0.4, -0.2) is 15.9 Å². The molecular weight excluding hydrogens is 206 g/mol. The van der Waals surface area contributed by atoms with Gasteiger partial charge in [0.1, 0.15) is 5.52 Å². The molecule has 0 radical (unpaired) electrons. The van der Waals surface area contributed by atoms with E-state index >= 15 is 0 Å². The normalized spacial score (nSPS) is 14.8. The summed E-state index contributed by atoms with van der Waals surface area (Å²) in [5.74, 6) is 0.699. The summed E-state index contributed by atoms with van der Waals surface area (Å²) in [6, 6.07) is 1.73. The highest BCUT2D eigenvalue weighted by atomic mass is 16.3. The van der Waals surface area contributed by atoms with Gasteiger partial charge in [0.05, 0.1) is 6.61 Å². The van der Waals surface area contributed by atoms with Gasteiger partial charge in [-0.15, -0.1) is 0 Å². The van der Waals surface area contributed by atoms with Crippen molar-refractivity contribution in [3.8, 4) is 0 Å². The van der Waals surface area contributed by atoms with Gasteiger partial charge in [-0.05, 0) is 18.1 Å². The van der Waals surface area contributed by atoms with E-state index in [-0.39, 0.29) is 12.4 Å². The Balaban J connectivity index is 2.43. The molecule has 16 heavy (non-hydrogen) atoms. The van der Waals surface area contributed by atoms with Crippen LogP contribution in [0.3, 0.4) is 0 Å². The van der Waals surface area contributed by atoms with Crippen LogP contribution in [0.2, 0.25) is 0 Å². The van der Waals surface area contributed by atoms with E-state index < -0.39 is 0 Å². The standard InChI is InChI=1S/C12H11NO3/c1-6-13-11-8-2-3-10(15)9(8)4-7(5-14)12(11)16-6/h4,14H,2-3,5H2,1H3. The predicted octanol–water partition coefficient (Wildman–Crippen LogP) is 1.76. The van der Waals surface area contributed by atoms with Crippen molar-refractivity contribution in [2.24, 2.45) is 0 Å². The lowest BCUT2D eigenvalue weighted by Gasteiger charge is -2.02. The van der Waals surface area contributed by atoms with Crippen molar-refractivity contribution in [1.82, 2.24) is 4.98 Å². The highest BCUT2D eigenvalue weighted by Crippen LogP contribution is 2.32. The van der Waals surface area contributed by atoms with Crippen molar-refractivity contribution < 1.29 is 14.3 Å². The lowest BCUT2D eigenvalue weighted by atomic mass is 10.0. The largest absolute Gasteiger partial charge is 0.441 e. The zero-order valence-corrected chi connectivity index (χ0v) is 8.91. The van der Waals surface area contributed by atoms with Crippen LogP contribution in [0, 0.1) is 6.92 Å². The number of fused-ring (bicyclic) bond motifs is 3. The molecule has 3 rings (SSSR count). The minimum absolute atomic E-state index is 0.132. The van der Waals surface area contributed by atoms with E-state index in [0.717, 1.165) is 17.5 Å². The number of oxazole rings is 1. The Labute approximate surface area is 91.9 Å². The summed E-state index contributed by atoms with van der Waals surface area (Å²) >= 11 is 0. The minimum Gasteiger partial charge on any atom is -0.441 e. The molecule has 0 aliphatic heterocycles. The van der Waals surface area contributed by atoms with Crippen molar-refractivity contribution >= 4 is 16.9 Å². The first kappa shape index (κ1) is 9.54. The number of Topliss-reactive ketones (excluding diaryl/α,β-unsaturated/α-hetero) is 1. The quantitative estimate of drug-likeness (QED) is 0.790. The van der Waals surface area contributed by atoms with Gasteiger partial charge < -0.3 is 9.52 Å². The Morgan fingerprint density at radius 3 is 3.06 bits per heavy atom. The number of aliphatic hydroxyl groups is 1. The van der Waals surface area contributed by atoms with Crippen molar-refractivity contribution in [2.45, 2.75) is 26.4 Å². The molecule has 1 aliphatic carbocycles. The van der Waals surface area contributed by atoms with E-state index in [1.54, 1.807) is 13.0 Å². The maximum atomic E-state index is 11.6. The molecule has 0 saturated carbocycles. The first-order valence-corrected chi connectivity index (χ1v) is 5.26. The summed E-state index contributed by atoms with van der Waals surface area (Å²) in [5.41, 5.74) is 3.67. The van der Waals surface area contributed by atoms with Crippen LogP contribution in [0.5, 0.6) is 0 Å². The Morgan fingerprint density at radius 1 is 1.50 bits per heavy atom. The average Bonchev–Trinajstić information content (AvgIpc) is 2.80. The predicted molar refractivity (Wildman–Crippen MR) is 57.3 cm³/mol. The molecule has 1 heterocycles. The summed E-state index contributed by atoms with van der Waals surface area (Å²) in [6.07, 6.45) is 1.26. The lowest BCUT2D eigenvalue weighted by Crippen LogP contribution is -1.95. The monoisotopic (exact) mass is 217 g/mol. The Hall–Kier alpha value is -1.68. The van der Waals surface area contributed by atoms with Crippen LogP contribution in [0.4, 0.5) is 0 Å². The van der Waals surface area contributed by atoms with Crippen molar-refractivity contribution in [2.75, 3.05) is 0 Å². The summed E-state index contributed by atoms with van der Waals surface area (Å²) in [7, 11) is 0. The van der Waals surface area contributed by atoms with E-state index in [4.69, 9.17) is 4.42 Å². The second kappa shape index (κ2) is 3.15. The number of hydrogen-bond donors (Lipinski definition) is 1. The zero-order chi connectivity index (χ0) is 11.3. The number of benzene rings is 1. The molecule has 0 atom stereocenters. The van der Waals surface area contributed by atoms with Crippen molar-refractivity contribution in [1.29, 1.82) is 0 Å². The molecule has 2 aromatic rings. The van der Waals surface area contributed by atoms with Crippen molar-refractivity contribution in [3.05, 3.63) is 28.6 Å². The number of aryl methyl sites for hydroxylation is 2. The summed E-state index contributed by atoms with van der Waals surface area (Å²) < 4.78 is 5.47. The highest BCUT2D eigenvalue weighted by Gasteiger charge is 2.25. The van der Waals surface area contributed by atoms with Crippen LogP contribution in [-0.2, 0) is 13.0 Å². The smallest absolute Gasteiger partial charge is 0.192 e. The molecule has 1 aromatic carbocycles. The Morgan fingerprint density at radius 2 is 2.31 bits per heavy atom. The molecule has 82 valence electrons. The molecule has 4 heteroatoms. The van der Waals surface area contributed by atoms with Crippen LogP contribution < -0.4 is 0 Å². The van der Waals surface area contributed by atoms with Gasteiger partial charge in [-0.2, -0.15) is 0 Å². The third-order valence-electron chi connectivity index (χ3n) is 3.03. The molecular formula is C12H11NO3. The summed E-state index contributed by atoms with van der Waals surface area (Å²) in [5, 5.41) is 9.26. The van der Waals surface area contributed by atoms with Gasteiger partial charge in [-0.1, -0.05) is 0 Å². The number of aromatic nitrogens is 1. The first-order chi connectivity index (χ1) is 7.70. The number of carbonyl (C=O) groups excluding carboxylic acids is 1. The van der Waals surface area contributed by atoms with Gasteiger partial charge in [0, 0.05) is 24.5 Å². The molecule has 4 nitrogen and oxygen atoms in total. The van der Waals surface area contributed by atoms with Gasteiger partial charge in [0.25, 0.3) is 0 Å². The number of rotatable bonds is 1. The van der Waals surface area contributed by atoms with Crippen LogP contribution in [0.25, 0.3) is 11.1 Å². The fourth-order valence-corrected chi connectivity index (χ4v) is 2.30. The van der Waals surface area contributed by atoms with Gasteiger partial charge in [-0.25, -0.2) is 4.98 Å². The molecule has 0 unspecified atom stereocenters. The SMILES string of the molecule is Cc1nc2c3c(cc(CO)c2o1)C(=O)CC3. The number of hydrogen-bond acceptors (Lipinski definition) is 4. The van der Waals surface area contributed by atoms with Gasteiger partial charge in [0.15, 0.2) is 17.3 Å². The number of nitrogens with zero attached hydrogens (tertiary/aromatic N) is 1. The topological polar surface area (TPSA) is 63.3 Å². The summed E-state index contributed by atoms with van der Waals surface area (Å²) in [4.78, 5) is 15.9. The molecule has 1 N–H and O–H groups in total. The van der Waals surface area contributed by atoms with Gasteiger partial charge >= 0.3 is 0 Å². The van der Waals surface area contributed by atoms with Crippen LogP contribution in [0.1, 0.15) is 33.8 Å². The second-order valence-electron chi connectivity index (χ2n) is 4.05. The molecule has 1 aliphatic rings. The van der Waals surface area contributed by atoms with Gasteiger partial charge in [-0.3, -0.25) is 4.79 Å². The van der Waals surface area contributed by atoms with Crippen LogP contribution in [0.15, 0.2) is 10.5 Å². The highest BCUT2D eigenvalue weighted by molar-refractivity contribution is 6.05. The second-order valence-corrected chi connectivity index (χ2v) is 4.05. The Kier molecular flexibility index (Phi) is 1.88. The number of aliphatic hydroxyl groups excluding tert-OH is 1. The van der Waals surface area contributed by atoms with E-state index in [9.17, 15) is 9.90 Å². The average molecular weight is 217 g/mol. The fourth-order valence-electron chi connectivity index (χ4n) is 2.30. The van der Waals surface area contributed by atoms with E-state index in [1.165, 1.54) is 0 Å². The molecule has 1 aromatic heterocycles. The fraction of sp³-hybridized carbons (Fsp3) is 0.333. The minimum atomic E-state index is -0.133. The third kappa shape index (κ3) is 1.13. The summed E-state index contributed by atoms with van der Waals surface area (Å²) in [6.45, 7) is 1.63. The maximum Gasteiger partial charge on any atom is 0.192 e. The molecule has 0 spiro atoms. The van der Waals surface area contributed by atoms with E-state index in [2.05, 4.69) is 4.98 Å².